The number of hydrogen-bond donors (Lipinski definition) is 0. The van der Waals surface area contributed by atoms with Crippen LogP contribution in [0.4, 0.5) is 0 Å². The lowest BCUT2D eigenvalue weighted by Gasteiger charge is -2.53. The standard InChI is InChI=1S/C19H24N2O2S/c1-15-6-17(9-20-8-15)11-22-18-2-4-23-19(7-18)13-21(14-19)10-16-3-5-24-12-16/h3,5-6,8-9,12,18H,2,4,7,10-11,13-14H2,1H3. The SMILES string of the molecule is Cc1cncc(COC2CCOC3(C2)CN(Cc2ccsc2)C3)c1. The van der Waals surface area contributed by atoms with E-state index < -0.39 is 0 Å². The Hall–Kier alpha value is -1.27. The average Bonchev–Trinajstić information content (AvgIpc) is 3.05. The van der Waals surface area contributed by atoms with E-state index in [1.165, 1.54) is 11.1 Å². The van der Waals surface area contributed by atoms with Crippen molar-refractivity contribution in [1.29, 1.82) is 0 Å². The number of nitrogens with zero attached hydrogens (tertiary/aromatic N) is 2. The van der Waals surface area contributed by atoms with Gasteiger partial charge in [0.2, 0.25) is 0 Å². The molecule has 1 spiro atoms. The van der Waals surface area contributed by atoms with Gasteiger partial charge in [0.05, 0.1) is 18.3 Å². The molecular formula is C19H24N2O2S. The van der Waals surface area contributed by atoms with E-state index in [0.717, 1.165) is 44.6 Å². The number of thiophene rings is 1. The Morgan fingerprint density at radius 1 is 1.38 bits per heavy atom. The second kappa shape index (κ2) is 6.92. The summed E-state index contributed by atoms with van der Waals surface area (Å²) in [4.78, 5) is 6.71. The fourth-order valence-corrected chi connectivity index (χ4v) is 4.44. The molecule has 0 N–H and O–H groups in total. The molecule has 4 nitrogen and oxygen atoms in total. The zero-order chi connectivity index (χ0) is 16.4. The van der Waals surface area contributed by atoms with Crippen LogP contribution in [0.25, 0.3) is 0 Å². The zero-order valence-corrected chi connectivity index (χ0v) is 14.9. The third kappa shape index (κ3) is 3.70. The Balaban J connectivity index is 1.27. The Labute approximate surface area is 147 Å². The first-order chi connectivity index (χ1) is 11.7. The predicted octanol–water partition coefficient (Wildman–Crippen LogP) is 3.40. The molecule has 24 heavy (non-hydrogen) atoms. The molecule has 128 valence electrons. The zero-order valence-electron chi connectivity index (χ0n) is 14.1. The van der Waals surface area contributed by atoms with Gasteiger partial charge < -0.3 is 9.47 Å². The van der Waals surface area contributed by atoms with Crippen LogP contribution in [-0.4, -0.2) is 41.3 Å². The van der Waals surface area contributed by atoms with Crippen molar-refractivity contribution in [2.45, 2.75) is 44.6 Å². The van der Waals surface area contributed by atoms with Crippen molar-refractivity contribution in [3.63, 3.8) is 0 Å². The topological polar surface area (TPSA) is 34.6 Å². The van der Waals surface area contributed by atoms with E-state index in [1.54, 1.807) is 11.3 Å². The van der Waals surface area contributed by atoms with Crippen LogP contribution in [0, 0.1) is 6.92 Å². The minimum absolute atomic E-state index is 0.0177. The minimum Gasteiger partial charge on any atom is -0.373 e. The summed E-state index contributed by atoms with van der Waals surface area (Å²) in [5.41, 5.74) is 3.76. The third-order valence-corrected chi connectivity index (χ3v) is 5.61. The number of pyridine rings is 1. The van der Waals surface area contributed by atoms with Crippen LogP contribution in [-0.2, 0) is 22.6 Å². The molecule has 5 heteroatoms. The maximum Gasteiger partial charge on any atom is 0.0959 e. The van der Waals surface area contributed by atoms with Gasteiger partial charge in [0.15, 0.2) is 0 Å². The number of rotatable bonds is 5. The van der Waals surface area contributed by atoms with Gasteiger partial charge >= 0.3 is 0 Å². The van der Waals surface area contributed by atoms with Gasteiger partial charge in [0, 0.05) is 45.1 Å². The highest BCUT2D eigenvalue weighted by Crippen LogP contribution is 2.36. The van der Waals surface area contributed by atoms with Crippen molar-refractivity contribution in [2.24, 2.45) is 0 Å². The summed E-state index contributed by atoms with van der Waals surface area (Å²) in [5.74, 6) is 0. The molecule has 0 saturated carbocycles. The molecular weight excluding hydrogens is 320 g/mol. The number of likely N-dealkylation sites (tertiary alicyclic amines) is 1. The molecule has 0 aliphatic carbocycles. The average molecular weight is 344 g/mol. The fourth-order valence-electron chi connectivity index (χ4n) is 3.78. The molecule has 1 unspecified atom stereocenters. The van der Waals surface area contributed by atoms with E-state index >= 15 is 0 Å². The van der Waals surface area contributed by atoms with Crippen LogP contribution in [0.3, 0.4) is 0 Å². The Bertz CT molecular complexity index is 668. The molecule has 0 bridgehead atoms. The summed E-state index contributed by atoms with van der Waals surface area (Å²) in [7, 11) is 0. The summed E-state index contributed by atoms with van der Waals surface area (Å²) in [6.45, 7) is 6.60. The Kier molecular flexibility index (Phi) is 4.68. The van der Waals surface area contributed by atoms with Gasteiger partial charge in [-0.1, -0.05) is 6.07 Å². The normalized spacial score (nSPS) is 23.3. The molecule has 1 atom stereocenters. The largest absolute Gasteiger partial charge is 0.373 e. The van der Waals surface area contributed by atoms with Crippen molar-refractivity contribution in [3.05, 3.63) is 52.0 Å². The van der Waals surface area contributed by atoms with E-state index in [0.29, 0.717) is 12.7 Å². The first-order valence-electron chi connectivity index (χ1n) is 8.60. The quantitative estimate of drug-likeness (QED) is 0.833. The van der Waals surface area contributed by atoms with Gasteiger partial charge in [-0.05, 0) is 46.9 Å². The van der Waals surface area contributed by atoms with E-state index in [4.69, 9.17) is 9.47 Å². The van der Waals surface area contributed by atoms with E-state index in [9.17, 15) is 0 Å². The molecule has 0 radical (unpaired) electrons. The van der Waals surface area contributed by atoms with Crippen LogP contribution >= 0.6 is 11.3 Å². The third-order valence-electron chi connectivity index (χ3n) is 4.87. The van der Waals surface area contributed by atoms with Crippen LogP contribution in [0.5, 0.6) is 0 Å². The molecule has 0 amide bonds. The number of ether oxygens (including phenoxy) is 2. The highest BCUT2D eigenvalue weighted by molar-refractivity contribution is 7.07. The van der Waals surface area contributed by atoms with Gasteiger partial charge in [0.1, 0.15) is 0 Å². The molecule has 2 aliphatic heterocycles. The van der Waals surface area contributed by atoms with Gasteiger partial charge in [0.25, 0.3) is 0 Å². The minimum atomic E-state index is 0.0177. The second-order valence-corrected chi connectivity index (χ2v) is 7.88. The fraction of sp³-hybridized carbons (Fsp3) is 0.526. The molecule has 2 fully saturated rings. The molecule has 2 saturated heterocycles. The highest BCUT2D eigenvalue weighted by atomic mass is 32.1. The second-order valence-electron chi connectivity index (χ2n) is 7.10. The maximum atomic E-state index is 6.16. The van der Waals surface area contributed by atoms with E-state index in [-0.39, 0.29) is 5.60 Å². The van der Waals surface area contributed by atoms with E-state index in [1.807, 2.05) is 12.4 Å². The Morgan fingerprint density at radius 3 is 3.08 bits per heavy atom. The van der Waals surface area contributed by atoms with Crippen molar-refractivity contribution < 1.29 is 9.47 Å². The van der Waals surface area contributed by atoms with Crippen molar-refractivity contribution >= 4 is 11.3 Å². The van der Waals surface area contributed by atoms with Crippen molar-refractivity contribution in [1.82, 2.24) is 9.88 Å². The molecule has 4 rings (SSSR count). The van der Waals surface area contributed by atoms with Crippen LogP contribution in [0.15, 0.2) is 35.3 Å². The lowest BCUT2D eigenvalue weighted by molar-refractivity contribution is -0.200. The number of aromatic nitrogens is 1. The van der Waals surface area contributed by atoms with Gasteiger partial charge in [-0.3, -0.25) is 9.88 Å². The van der Waals surface area contributed by atoms with Gasteiger partial charge in [-0.15, -0.1) is 0 Å². The first kappa shape index (κ1) is 16.2. The van der Waals surface area contributed by atoms with E-state index in [2.05, 4.69) is 39.7 Å². The predicted molar refractivity (Wildman–Crippen MR) is 95.1 cm³/mol. The lowest BCUT2D eigenvalue weighted by atomic mass is 9.84. The molecule has 4 heterocycles. The smallest absolute Gasteiger partial charge is 0.0959 e. The van der Waals surface area contributed by atoms with Crippen molar-refractivity contribution in [3.8, 4) is 0 Å². The lowest BCUT2D eigenvalue weighted by Crippen LogP contribution is -2.65. The number of hydrogen-bond acceptors (Lipinski definition) is 5. The van der Waals surface area contributed by atoms with Crippen LogP contribution in [0.1, 0.15) is 29.5 Å². The Morgan fingerprint density at radius 2 is 2.29 bits per heavy atom. The first-order valence-corrected chi connectivity index (χ1v) is 9.55. The van der Waals surface area contributed by atoms with Gasteiger partial charge in [-0.25, -0.2) is 0 Å². The molecule has 0 aromatic carbocycles. The summed E-state index contributed by atoms with van der Waals surface area (Å²) in [6, 6.07) is 4.35. The maximum absolute atomic E-state index is 6.16. The summed E-state index contributed by atoms with van der Waals surface area (Å²) >= 11 is 1.77. The summed E-state index contributed by atoms with van der Waals surface area (Å²) < 4.78 is 12.3. The van der Waals surface area contributed by atoms with Gasteiger partial charge in [-0.2, -0.15) is 11.3 Å². The highest BCUT2D eigenvalue weighted by Gasteiger charge is 2.47. The summed E-state index contributed by atoms with van der Waals surface area (Å²) in [5, 5.41) is 4.38. The monoisotopic (exact) mass is 344 g/mol. The number of aryl methyl sites for hydroxylation is 1. The molecule has 2 aromatic rings. The molecule has 2 aliphatic rings. The summed E-state index contributed by atoms with van der Waals surface area (Å²) in [6.07, 6.45) is 6.07. The van der Waals surface area contributed by atoms with Crippen LogP contribution in [0.2, 0.25) is 0 Å². The van der Waals surface area contributed by atoms with Crippen LogP contribution < -0.4 is 0 Å². The molecule has 2 aromatic heterocycles. The van der Waals surface area contributed by atoms with Crippen molar-refractivity contribution in [2.75, 3.05) is 19.7 Å².